The van der Waals surface area contributed by atoms with E-state index in [0.29, 0.717) is 10.1 Å². The lowest BCUT2D eigenvalue weighted by Gasteiger charge is -2.11. The zero-order chi connectivity index (χ0) is 16.2. The average Bonchev–Trinajstić information content (AvgIpc) is 3.24. The second-order valence-corrected chi connectivity index (χ2v) is 7.66. The van der Waals surface area contributed by atoms with Crippen LogP contribution in [0.3, 0.4) is 0 Å². The lowest BCUT2D eigenvalue weighted by molar-refractivity contribution is -0.131. The van der Waals surface area contributed by atoms with E-state index in [9.17, 15) is 14.4 Å². The van der Waals surface area contributed by atoms with Gasteiger partial charge in [-0.1, -0.05) is 12.1 Å². The van der Waals surface area contributed by atoms with E-state index >= 15 is 0 Å². The van der Waals surface area contributed by atoms with Crippen LogP contribution in [0.1, 0.15) is 20.5 Å². The smallest absolute Gasteiger partial charge is 0.416 e. The molecule has 2 aliphatic heterocycles. The zero-order valence-electron chi connectivity index (χ0n) is 12.2. The van der Waals surface area contributed by atoms with E-state index in [1.165, 1.54) is 5.56 Å². The van der Waals surface area contributed by atoms with Gasteiger partial charge in [0.2, 0.25) is 0 Å². The first-order valence-corrected chi connectivity index (χ1v) is 9.22. The number of ether oxygens (including phenoxy) is 2. The molecule has 2 heterocycles. The normalized spacial score (nSPS) is 18.1. The fourth-order valence-electron chi connectivity index (χ4n) is 2.24. The Morgan fingerprint density at radius 1 is 1.22 bits per heavy atom. The number of carbonyl (C=O) groups is 3. The Bertz CT molecular complexity index is 613. The summed E-state index contributed by atoms with van der Waals surface area (Å²) < 4.78 is 10.0. The van der Waals surface area contributed by atoms with Gasteiger partial charge < -0.3 is 9.47 Å². The number of hydrogen-bond donors (Lipinski definition) is 0. The molecule has 0 spiro atoms. The highest BCUT2D eigenvalue weighted by atomic mass is 32.2. The van der Waals surface area contributed by atoms with Gasteiger partial charge in [0.1, 0.15) is 6.61 Å². The van der Waals surface area contributed by atoms with E-state index < -0.39 is 24.6 Å². The number of thioether (sulfide) groups is 2. The lowest BCUT2D eigenvalue weighted by atomic mass is 10.1. The number of amides is 2. The van der Waals surface area contributed by atoms with E-state index in [-0.39, 0.29) is 13.2 Å². The van der Waals surface area contributed by atoms with E-state index in [1.54, 1.807) is 12.1 Å². The van der Waals surface area contributed by atoms with Gasteiger partial charge in [0.05, 0.1) is 16.7 Å². The van der Waals surface area contributed by atoms with Crippen molar-refractivity contribution in [1.29, 1.82) is 0 Å². The third-order valence-electron chi connectivity index (χ3n) is 3.43. The van der Waals surface area contributed by atoms with Crippen LogP contribution in [0.2, 0.25) is 0 Å². The summed E-state index contributed by atoms with van der Waals surface area (Å²) in [5.74, 6) is 1.13. The summed E-state index contributed by atoms with van der Waals surface area (Å²) in [5, 5.41) is 0. The molecule has 0 aliphatic carbocycles. The van der Waals surface area contributed by atoms with Crippen molar-refractivity contribution in [1.82, 2.24) is 4.90 Å². The summed E-state index contributed by atoms with van der Waals surface area (Å²) >= 11 is 3.78. The molecule has 122 valence electrons. The minimum Gasteiger partial charge on any atom is -0.452 e. The second kappa shape index (κ2) is 7.27. The fraction of sp³-hybridized carbons (Fsp3) is 0.400. The van der Waals surface area contributed by atoms with Crippen molar-refractivity contribution in [2.24, 2.45) is 0 Å². The average molecular weight is 353 g/mol. The van der Waals surface area contributed by atoms with Crippen LogP contribution in [0.4, 0.5) is 4.79 Å². The van der Waals surface area contributed by atoms with E-state index in [1.807, 2.05) is 35.7 Å². The van der Waals surface area contributed by atoms with Crippen molar-refractivity contribution in [2.75, 3.05) is 31.3 Å². The summed E-state index contributed by atoms with van der Waals surface area (Å²) in [6.07, 6.45) is -0.693. The topological polar surface area (TPSA) is 72.9 Å². The van der Waals surface area contributed by atoms with Crippen LogP contribution in [0.15, 0.2) is 24.3 Å². The molecule has 0 bridgehead atoms. The maximum absolute atomic E-state index is 12.0. The van der Waals surface area contributed by atoms with Gasteiger partial charge in [0.25, 0.3) is 5.91 Å². The first kappa shape index (κ1) is 16.2. The van der Waals surface area contributed by atoms with Crippen LogP contribution >= 0.6 is 23.5 Å². The van der Waals surface area contributed by atoms with Crippen LogP contribution < -0.4 is 0 Å². The number of nitrogens with zero attached hydrogens (tertiary/aromatic N) is 1. The third-order valence-corrected chi connectivity index (χ3v) is 6.53. The van der Waals surface area contributed by atoms with Crippen molar-refractivity contribution in [3.8, 4) is 0 Å². The van der Waals surface area contributed by atoms with E-state index in [0.717, 1.165) is 16.4 Å². The van der Waals surface area contributed by atoms with Crippen molar-refractivity contribution in [3.63, 3.8) is 0 Å². The maximum atomic E-state index is 12.0. The molecule has 2 aliphatic rings. The quantitative estimate of drug-likeness (QED) is 0.769. The molecule has 2 amide bonds. The van der Waals surface area contributed by atoms with Crippen molar-refractivity contribution in [2.45, 2.75) is 4.58 Å². The number of hydrogen-bond acceptors (Lipinski definition) is 7. The monoisotopic (exact) mass is 353 g/mol. The van der Waals surface area contributed by atoms with Crippen molar-refractivity contribution < 1.29 is 23.9 Å². The van der Waals surface area contributed by atoms with Crippen LogP contribution in [0, 0.1) is 0 Å². The summed E-state index contributed by atoms with van der Waals surface area (Å²) in [6.45, 7) is -0.0954. The Kier molecular flexibility index (Phi) is 5.12. The summed E-state index contributed by atoms with van der Waals surface area (Å²) in [4.78, 5) is 35.9. The molecule has 0 N–H and O–H groups in total. The minimum atomic E-state index is -0.693. The van der Waals surface area contributed by atoms with Gasteiger partial charge in [0.15, 0.2) is 6.61 Å². The van der Waals surface area contributed by atoms with Gasteiger partial charge in [-0.3, -0.25) is 4.79 Å². The summed E-state index contributed by atoms with van der Waals surface area (Å²) in [6, 6.07) is 7.22. The molecular weight excluding hydrogens is 338 g/mol. The SMILES string of the molecule is O=C(OCC(=O)N1CCOC1=O)c1ccc(C2SCCS2)cc1. The maximum Gasteiger partial charge on any atom is 0.416 e. The van der Waals surface area contributed by atoms with E-state index in [4.69, 9.17) is 4.74 Å². The minimum absolute atomic E-state index is 0.178. The summed E-state index contributed by atoms with van der Waals surface area (Å²) in [5.41, 5.74) is 1.56. The molecule has 0 saturated carbocycles. The molecule has 23 heavy (non-hydrogen) atoms. The molecular formula is C15H15NO5S2. The third kappa shape index (κ3) is 3.81. The number of imide groups is 1. The molecule has 0 unspecified atom stereocenters. The molecule has 6 nitrogen and oxygen atoms in total. The summed E-state index contributed by atoms with van der Waals surface area (Å²) in [7, 11) is 0. The number of carbonyl (C=O) groups excluding carboxylic acids is 3. The first-order valence-electron chi connectivity index (χ1n) is 7.12. The molecule has 2 fully saturated rings. The molecule has 8 heteroatoms. The van der Waals surface area contributed by atoms with Gasteiger partial charge in [-0.2, -0.15) is 0 Å². The number of benzene rings is 1. The molecule has 2 saturated heterocycles. The van der Waals surface area contributed by atoms with Gasteiger partial charge in [-0.15, -0.1) is 23.5 Å². The fourth-order valence-corrected chi connectivity index (χ4v) is 5.10. The molecule has 1 aromatic carbocycles. The Balaban J connectivity index is 1.53. The highest BCUT2D eigenvalue weighted by Crippen LogP contribution is 2.45. The van der Waals surface area contributed by atoms with Crippen LogP contribution in [0.5, 0.6) is 0 Å². The highest BCUT2D eigenvalue weighted by molar-refractivity contribution is 8.19. The Morgan fingerprint density at radius 3 is 2.52 bits per heavy atom. The molecule has 0 atom stereocenters. The van der Waals surface area contributed by atoms with Crippen LogP contribution in [-0.4, -0.2) is 54.1 Å². The Labute approximate surface area is 141 Å². The number of rotatable bonds is 4. The second-order valence-electron chi connectivity index (χ2n) is 4.93. The highest BCUT2D eigenvalue weighted by Gasteiger charge is 2.29. The van der Waals surface area contributed by atoms with Crippen LogP contribution in [0.25, 0.3) is 0 Å². The largest absolute Gasteiger partial charge is 0.452 e. The number of esters is 1. The molecule has 0 radical (unpaired) electrons. The standard InChI is InChI=1S/C15H15NO5S2/c17-12(16-5-6-20-15(16)19)9-21-13(18)10-1-3-11(4-2-10)14-22-7-8-23-14/h1-4,14H,5-9H2. The predicted molar refractivity (Wildman–Crippen MR) is 87.4 cm³/mol. The van der Waals surface area contributed by atoms with Gasteiger partial charge >= 0.3 is 12.1 Å². The Morgan fingerprint density at radius 2 is 1.91 bits per heavy atom. The molecule has 3 rings (SSSR count). The van der Waals surface area contributed by atoms with Crippen LogP contribution in [-0.2, 0) is 14.3 Å². The lowest BCUT2D eigenvalue weighted by Crippen LogP contribution is -2.35. The predicted octanol–water partition coefficient (Wildman–Crippen LogP) is 2.30. The van der Waals surface area contributed by atoms with Crippen molar-refractivity contribution in [3.05, 3.63) is 35.4 Å². The Hall–Kier alpha value is -1.67. The molecule has 0 aromatic heterocycles. The van der Waals surface area contributed by atoms with E-state index in [2.05, 4.69) is 4.74 Å². The van der Waals surface area contributed by atoms with Crippen molar-refractivity contribution >= 4 is 41.5 Å². The van der Waals surface area contributed by atoms with Gasteiger partial charge in [-0.25, -0.2) is 14.5 Å². The first-order chi connectivity index (χ1) is 11.1. The van der Waals surface area contributed by atoms with Gasteiger partial charge in [-0.05, 0) is 17.7 Å². The number of cyclic esters (lactones) is 1. The molecule has 1 aromatic rings. The zero-order valence-corrected chi connectivity index (χ0v) is 13.9. The van der Waals surface area contributed by atoms with Gasteiger partial charge in [0, 0.05) is 11.5 Å².